The first-order valence-corrected chi connectivity index (χ1v) is 6.11. The van der Waals surface area contributed by atoms with Crippen molar-refractivity contribution in [1.82, 2.24) is 14.9 Å². The van der Waals surface area contributed by atoms with Crippen LogP contribution in [0, 0.1) is 0 Å². The molecule has 0 unspecified atom stereocenters. The Morgan fingerprint density at radius 3 is 2.12 bits per heavy atom. The zero-order valence-corrected chi connectivity index (χ0v) is 11.0. The van der Waals surface area contributed by atoms with Crippen LogP contribution >= 0.6 is 0 Å². The summed E-state index contributed by atoms with van der Waals surface area (Å²) in [5.41, 5.74) is 0. The highest BCUT2D eigenvalue weighted by Crippen LogP contribution is 2.01. The first kappa shape index (κ1) is 16.3. The van der Waals surface area contributed by atoms with Crippen molar-refractivity contribution in [2.75, 3.05) is 52.9 Å². The van der Waals surface area contributed by atoms with E-state index in [1.165, 1.54) is 0 Å². The Kier molecular flexibility index (Phi) is 8.93. The fraction of sp³-hybridized carbons (Fsp3) is 0.909. The smallest absolute Gasteiger partial charge is 0.264 e. The van der Waals surface area contributed by atoms with Gasteiger partial charge in [-0.3, -0.25) is 14.6 Å². The molecule has 0 spiro atoms. The van der Waals surface area contributed by atoms with E-state index in [-0.39, 0.29) is 18.3 Å². The lowest BCUT2D eigenvalue weighted by molar-refractivity contribution is -0.144. The van der Waals surface area contributed by atoms with Crippen LogP contribution < -0.4 is 0 Å². The minimum absolute atomic E-state index is 0.125. The molecule has 1 amide bonds. The molecule has 0 radical (unpaired) electrons. The van der Waals surface area contributed by atoms with Gasteiger partial charge in [0.15, 0.2) is 0 Å². The summed E-state index contributed by atoms with van der Waals surface area (Å²) in [4.78, 5) is 15.1. The van der Waals surface area contributed by atoms with Crippen LogP contribution in [0.4, 0.5) is 4.48 Å². The summed E-state index contributed by atoms with van der Waals surface area (Å²) in [6.45, 7) is 8.11. The number of aliphatic hydroxyl groups excluding tert-OH is 1. The van der Waals surface area contributed by atoms with Crippen molar-refractivity contribution in [3.63, 3.8) is 0 Å². The van der Waals surface area contributed by atoms with Gasteiger partial charge in [0.1, 0.15) is 0 Å². The number of piperazine rings is 1. The summed E-state index contributed by atoms with van der Waals surface area (Å²) < 4.78 is 12.5. The lowest BCUT2D eigenvalue weighted by Gasteiger charge is -2.33. The van der Waals surface area contributed by atoms with Gasteiger partial charge >= 0.3 is 0 Å². The topological polar surface area (TPSA) is 47.0 Å². The second-order valence-electron chi connectivity index (χ2n) is 3.71. The number of carbonyl (C=O) groups is 1. The molecule has 6 heteroatoms. The van der Waals surface area contributed by atoms with Crippen LogP contribution in [0.3, 0.4) is 0 Å². The highest BCUT2D eigenvalue weighted by atomic mass is 19.2. The van der Waals surface area contributed by atoms with E-state index in [9.17, 15) is 9.28 Å². The summed E-state index contributed by atoms with van der Waals surface area (Å²) in [5.74, 6) is -0.509. The molecule has 102 valence electrons. The summed E-state index contributed by atoms with van der Waals surface area (Å²) in [5, 5.41) is 8.86. The molecule has 5 nitrogen and oxygen atoms in total. The second kappa shape index (κ2) is 9.32. The average molecular weight is 249 g/mol. The average Bonchev–Trinajstić information content (AvgIpc) is 2.34. The standard InChI is InChI=1S/C9H18FN3O2.C2H6/c1-11(10)9(15)8-13-4-2-12(3-5-13)6-7-14;1-2/h14H,2-8H2,1H3;1-2H3. The van der Waals surface area contributed by atoms with Crippen LogP contribution in [0.1, 0.15) is 13.8 Å². The van der Waals surface area contributed by atoms with E-state index in [0.717, 1.165) is 33.2 Å². The fourth-order valence-corrected chi connectivity index (χ4v) is 1.60. The molecule has 1 aliphatic heterocycles. The molecule has 0 aliphatic carbocycles. The first-order chi connectivity index (χ1) is 8.13. The Balaban J connectivity index is 0.00000121. The third-order valence-corrected chi connectivity index (χ3v) is 2.58. The molecule has 17 heavy (non-hydrogen) atoms. The van der Waals surface area contributed by atoms with Crippen molar-refractivity contribution in [2.45, 2.75) is 13.8 Å². The largest absolute Gasteiger partial charge is 0.395 e. The van der Waals surface area contributed by atoms with Crippen molar-refractivity contribution in [2.24, 2.45) is 0 Å². The van der Waals surface area contributed by atoms with Gasteiger partial charge in [0, 0.05) is 39.8 Å². The van der Waals surface area contributed by atoms with Crippen LogP contribution in [0.25, 0.3) is 0 Å². The third kappa shape index (κ3) is 6.55. The molecule has 1 saturated heterocycles. The molecule has 0 saturated carbocycles. The van der Waals surface area contributed by atoms with E-state index in [0.29, 0.717) is 6.54 Å². The van der Waals surface area contributed by atoms with Crippen molar-refractivity contribution in [1.29, 1.82) is 0 Å². The number of carbonyl (C=O) groups excluding carboxylic acids is 1. The number of halogens is 1. The zero-order chi connectivity index (χ0) is 13.3. The fourth-order valence-electron chi connectivity index (χ4n) is 1.60. The lowest BCUT2D eigenvalue weighted by Crippen LogP contribution is -2.49. The van der Waals surface area contributed by atoms with Gasteiger partial charge in [-0.1, -0.05) is 18.3 Å². The molecule has 0 bridgehead atoms. The summed E-state index contributed by atoms with van der Waals surface area (Å²) in [7, 11) is 1.12. The van der Waals surface area contributed by atoms with E-state index < -0.39 is 5.91 Å². The van der Waals surface area contributed by atoms with Crippen molar-refractivity contribution >= 4 is 5.91 Å². The van der Waals surface area contributed by atoms with Crippen molar-refractivity contribution in [3.8, 4) is 0 Å². The normalized spacial score (nSPS) is 17.2. The highest BCUT2D eigenvalue weighted by molar-refractivity contribution is 5.76. The number of β-amino-alcohol motifs (C(OH)–C–C–N with tert-alkyl or cyclic N) is 1. The predicted molar refractivity (Wildman–Crippen MR) is 65.2 cm³/mol. The molecule has 1 rings (SSSR count). The Morgan fingerprint density at radius 1 is 1.24 bits per heavy atom. The summed E-state index contributed by atoms with van der Waals surface area (Å²) in [6.07, 6.45) is 0. The maximum absolute atomic E-state index is 12.5. The van der Waals surface area contributed by atoms with Crippen molar-refractivity contribution < 1.29 is 14.4 Å². The van der Waals surface area contributed by atoms with Gasteiger partial charge in [0.05, 0.1) is 13.2 Å². The van der Waals surface area contributed by atoms with Crippen LogP contribution in [0.15, 0.2) is 0 Å². The quantitative estimate of drug-likeness (QED) is 0.711. The number of aliphatic hydroxyl groups is 1. The molecule has 1 heterocycles. The Bertz CT molecular complexity index is 207. The van der Waals surface area contributed by atoms with Gasteiger partial charge in [-0.25, -0.2) is 0 Å². The molecule has 0 aromatic heterocycles. The monoisotopic (exact) mass is 249 g/mol. The Morgan fingerprint density at radius 2 is 1.71 bits per heavy atom. The maximum Gasteiger partial charge on any atom is 0.264 e. The van der Waals surface area contributed by atoms with Gasteiger partial charge in [-0.15, -0.1) is 0 Å². The number of likely N-dealkylation sites (N-methyl/N-ethyl adjacent to an activating group) is 1. The summed E-state index contributed by atoms with van der Waals surface area (Å²) in [6, 6.07) is 0. The number of rotatable bonds is 4. The molecule has 0 aromatic rings. The van der Waals surface area contributed by atoms with E-state index >= 15 is 0 Å². The second-order valence-corrected chi connectivity index (χ2v) is 3.71. The predicted octanol–water partition coefficient (Wildman–Crippen LogP) is -0.0346. The van der Waals surface area contributed by atoms with Crippen molar-refractivity contribution in [3.05, 3.63) is 0 Å². The SMILES string of the molecule is CC.CN(F)C(=O)CN1CCN(CCO)CC1. The van der Waals surface area contributed by atoms with E-state index in [1.54, 1.807) is 0 Å². The third-order valence-electron chi connectivity index (χ3n) is 2.58. The lowest BCUT2D eigenvalue weighted by atomic mass is 10.3. The molecule has 1 fully saturated rings. The van der Waals surface area contributed by atoms with Gasteiger partial charge < -0.3 is 5.11 Å². The van der Waals surface area contributed by atoms with Gasteiger partial charge in [0.2, 0.25) is 0 Å². The van der Waals surface area contributed by atoms with Crippen LogP contribution in [0.5, 0.6) is 0 Å². The van der Waals surface area contributed by atoms with Gasteiger partial charge in [0.25, 0.3) is 5.91 Å². The Labute approximate surface area is 103 Å². The van der Waals surface area contributed by atoms with E-state index in [1.807, 2.05) is 18.7 Å². The zero-order valence-electron chi connectivity index (χ0n) is 11.0. The molecular formula is C11H24FN3O2. The van der Waals surface area contributed by atoms with Crippen LogP contribution in [-0.2, 0) is 4.79 Å². The maximum atomic E-state index is 12.5. The van der Waals surface area contributed by atoms with Crippen LogP contribution in [-0.4, -0.2) is 78.9 Å². The van der Waals surface area contributed by atoms with E-state index in [2.05, 4.69) is 4.90 Å². The molecular weight excluding hydrogens is 225 g/mol. The summed E-state index contributed by atoms with van der Waals surface area (Å²) >= 11 is 0. The number of nitrogens with zero attached hydrogens (tertiary/aromatic N) is 3. The van der Waals surface area contributed by atoms with Gasteiger partial charge in [-0.2, -0.15) is 5.12 Å². The first-order valence-electron chi connectivity index (χ1n) is 6.11. The number of hydrogen-bond acceptors (Lipinski definition) is 4. The number of amides is 1. The highest BCUT2D eigenvalue weighted by Gasteiger charge is 2.19. The molecule has 1 aliphatic rings. The van der Waals surface area contributed by atoms with E-state index in [4.69, 9.17) is 5.11 Å². The molecule has 0 aromatic carbocycles. The molecule has 0 atom stereocenters. The number of hydrogen-bond donors (Lipinski definition) is 1. The van der Waals surface area contributed by atoms with Gasteiger partial charge in [-0.05, 0) is 0 Å². The minimum atomic E-state index is -0.509. The minimum Gasteiger partial charge on any atom is -0.395 e. The Hall–Kier alpha value is -0.720. The molecule has 1 N–H and O–H groups in total. The van der Waals surface area contributed by atoms with Crippen LogP contribution in [0.2, 0.25) is 0 Å².